The van der Waals surface area contributed by atoms with Crippen molar-refractivity contribution in [3.05, 3.63) is 59.1 Å². The molecule has 2 aromatic rings. The maximum atomic E-state index is 12.6. The lowest BCUT2D eigenvalue weighted by Crippen LogP contribution is -2.33. The second-order valence-electron chi connectivity index (χ2n) is 5.70. The number of hydrogen-bond acceptors (Lipinski definition) is 4. The van der Waals surface area contributed by atoms with E-state index in [1.807, 2.05) is 18.2 Å². The van der Waals surface area contributed by atoms with Crippen LogP contribution in [0.1, 0.15) is 24.2 Å². The molecule has 0 radical (unpaired) electrons. The highest BCUT2D eigenvalue weighted by Crippen LogP contribution is 2.23. The fraction of sp³-hybridized carbons (Fsp3) is 0.235. The van der Waals surface area contributed by atoms with E-state index in [1.165, 1.54) is 29.6 Å². The number of carbonyl (C=O) groups is 1. The Hall–Kier alpha value is -2.09. The molecule has 0 fully saturated rings. The Bertz CT molecular complexity index is 855. The summed E-state index contributed by atoms with van der Waals surface area (Å²) in [6.45, 7) is 3.54. The van der Waals surface area contributed by atoms with Crippen LogP contribution in [-0.2, 0) is 10.0 Å². The normalized spacial score (nSPS) is 11.6. The number of nitrogens with zero attached hydrogens (tertiary/aromatic N) is 1. The van der Waals surface area contributed by atoms with Crippen molar-refractivity contribution >= 4 is 33.2 Å². The number of anilines is 1. The minimum atomic E-state index is -3.70. The number of nitrogens with one attached hydrogen (secondary N) is 2. The predicted octanol–water partition coefficient (Wildman–Crippen LogP) is 3.13. The average molecular weight is 382 g/mol. The van der Waals surface area contributed by atoms with E-state index in [4.69, 9.17) is 11.6 Å². The summed E-state index contributed by atoms with van der Waals surface area (Å²) in [4.78, 5) is 12.4. The van der Waals surface area contributed by atoms with Crippen LogP contribution in [0.4, 0.5) is 5.69 Å². The Morgan fingerprint density at radius 2 is 1.76 bits per heavy atom. The predicted molar refractivity (Wildman–Crippen MR) is 99.1 cm³/mol. The molecule has 2 rings (SSSR count). The summed E-state index contributed by atoms with van der Waals surface area (Å²) in [5.41, 5.74) is 6.02. The molecule has 0 aliphatic heterocycles. The van der Waals surface area contributed by atoms with Gasteiger partial charge in [0.1, 0.15) is 0 Å². The zero-order chi connectivity index (χ0) is 18.6. The molecule has 2 N–H and O–H groups in total. The number of carbonyl (C=O) groups excluding carboxylic acids is 1. The minimum Gasteiger partial charge on any atom is -0.298 e. The SMILES string of the molecule is CC(C)N(C)S(=O)(=O)c1ccc(Cl)c(C(=O)NNc2ccccc2)c1. The highest BCUT2D eigenvalue weighted by molar-refractivity contribution is 7.89. The molecule has 134 valence electrons. The summed E-state index contributed by atoms with van der Waals surface area (Å²) in [7, 11) is -2.21. The van der Waals surface area contributed by atoms with E-state index in [0.29, 0.717) is 5.69 Å². The molecular weight excluding hydrogens is 362 g/mol. The quantitative estimate of drug-likeness (QED) is 0.753. The van der Waals surface area contributed by atoms with Gasteiger partial charge in [0.25, 0.3) is 5.91 Å². The van der Waals surface area contributed by atoms with Crippen molar-refractivity contribution in [1.29, 1.82) is 0 Å². The van der Waals surface area contributed by atoms with Crippen LogP contribution in [0.3, 0.4) is 0 Å². The maximum Gasteiger partial charge on any atom is 0.271 e. The molecule has 0 atom stereocenters. The molecule has 1 amide bonds. The molecule has 2 aromatic carbocycles. The van der Waals surface area contributed by atoms with Gasteiger partial charge in [0.2, 0.25) is 10.0 Å². The molecular formula is C17H20ClN3O3S. The lowest BCUT2D eigenvalue weighted by molar-refractivity contribution is 0.0962. The van der Waals surface area contributed by atoms with Gasteiger partial charge >= 0.3 is 0 Å². The van der Waals surface area contributed by atoms with Gasteiger partial charge in [-0.2, -0.15) is 4.31 Å². The summed E-state index contributed by atoms with van der Waals surface area (Å²) >= 11 is 6.07. The van der Waals surface area contributed by atoms with E-state index in [2.05, 4.69) is 10.9 Å². The lowest BCUT2D eigenvalue weighted by Gasteiger charge is -2.21. The zero-order valence-electron chi connectivity index (χ0n) is 14.2. The molecule has 25 heavy (non-hydrogen) atoms. The number of amides is 1. The summed E-state index contributed by atoms with van der Waals surface area (Å²) in [6, 6.07) is 12.9. The van der Waals surface area contributed by atoms with Crippen LogP contribution < -0.4 is 10.9 Å². The van der Waals surface area contributed by atoms with Gasteiger partial charge in [0.15, 0.2) is 0 Å². The molecule has 0 unspecified atom stereocenters. The Labute approximate surface area is 152 Å². The molecule has 6 nitrogen and oxygen atoms in total. The Kier molecular flexibility index (Phi) is 6.05. The number of hydrazine groups is 1. The number of hydrogen-bond donors (Lipinski definition) is 2. The Morgan fingerprint density at radius 3 is 2.36 bits per heavy atom. The summed E-state index contributed by atoms with van der Waals surface area (Å²) in [6.07, 6.45) is 0. The van der Waals surface area contributed by atoms with E-state index in [-0.39, 0.29) is 21.5 Å². The highest BCUT2D eigenvalue weighted by Gasteiger charge is 2.25. The first-order valence-electron chi connectivity index (χ1n) is 7.62. The zero-order valence-corrected chi connectivity index (χ0v) is 15.7. The van der Waals surface area contributed by atoms with Crippen LogP contribution in [0.2, 0.25) is 5.02 Å². The van der Waals surface area contributed by atoms with Crippen molar-refractivity contribution < 1.29 is 13.2 Å². The van der Waals surface area contributed by atoms with Gasteiger partial charge in [-0.15, -0.1) is 0 Å². The Balaban J connectivity index is 2.25. The van der Waals surface area contributed by atoms with Crippen LogP contribution in [0.25, 0.3) is 0 Å². The summed E-state index contributed by atoms with van der Waals surface area (Å²) in [5.74, 6) is -0.530. The molecule has 0 aliphatic carbocycles. The van der Waals surface area contributed by atoms with Crippen LogP contribution >= 0.6 is 11.6 Å². The molecule has 0 aliphatic rings. The highest BCUT2D eigenvalue weighted by atomic mass is 35.5. The average Bonchev–Trinajstić information content (AvgIpc) is 2.60. The molecule has 0 spiro atoms. The number of benzene rings is 2. The fourth-order valence-electron chi connectivity index (χ4n) is 2.00. The number of halogens is 1. The smallest absolute Gasteiger partial charge is 0.271 e. The number of rotatable bonds is 6. The molecule has 0 bridgehead atoms. The monoisotopic (exact) mass is 381 g/mol. The molecule has 0 heterocycles. The van der Waals surface area contributed by atoms with Crippen LogP contribution in [0, 0.1) is 0 Å². The van der Waals surface area contributed by atoms with E-state index < -0.39 is 15.9 Å². The first-order chi connectivity index (χ1) is 11.7. The van der Waals surface area contributed by atoms with Gasteiger partial charge in [-0.3, -0.25) is 15.6 Å². The summed E-state index contributed by atoms with van der Waals surface area (Å²) in [5, 5.41) is 0.165. The van der Waals surface area contributed by atoms with E-state index in [1.54, 1.807) is 26.0 Å². The van der Waals surface area contributed by atoms with Gasteiger partial charge in [-0.05, 0) is 44.2 Å². The van der Waals surface area contributed by atoms with Crippen molar-refractivity contribution in [2.45, 2.75) is 24.8 Å². The molecule has 0 aromatic heterocycles. The van der Waals surface area contributed by atoms with Gasteiger partial charge in [-0.25, -0.2) is 8.42 Å². The largest absolute Gasteiger partial charge is 0.298 e. The lowest BCUT2D eigenvalue weighted by atomic mass is 10.2. The third kappa shape index (κ3) is 4.50. The Morgan fingerprint density at radius 1 is 1.12 bits per heavy atom. The van der Waals surface area contributed by atoms with Crippen molar-refractivity contribution in [3.63, 3.8) is 0 Å². The topological polar surface area (TPSA) is 78.5 Å². The first kappa shape index (κ1) is 19.2. The fourth-order valence-corrected chi connectivity index (χ4v) is 3.60. The van der Waals surface area contributed by atoms with Crippen molar-refractivity contribution in [2.24, 2.45) is 0 Å². The summed E-state index contributed by atoms with van der Waals surface area (Å²) < 4.78 is 26.4. The standard InChI is InChI=1S/C17H20ClN3O3S/c1-12(2)21(3)25(23,24)14-9-10-16(18)15(11-14)17(22)20-19-13-7-5-4-6-8-13/h4-12,19H,1-3H3,(H,20,22). The van der Waals surface area contributed by atoms with Gasteiger partial charge < -0.3 is 0 Å². The van der Waals surface area contributed by atoms with Crippen molar-refractivity contribution in [1.82, 2.24) is 9.73 Å². The second kappa shape index (κ2) is 7.86. The maximum absolute atomic E-state index is 12.6. The molecule has 0 saturated carbocycles. The van der Waals surface area contributed by atoms with Crippen LogP contribution in [0.5, 0.6) is 0 Å². The second-order valence-corrected chi connectivity index (χ2v) is 8.11. The van der Waals surface area contributed by atoms with Crippen molar-refractivity contribution in [2.75, 3.05) is 12.5 Å². The van der Waals surface area contributed by atoms with Crippen LogP contribution in [0.15, 0.2) is 53.4 Å². The van der Waals surface area contributed by atoms with Gasteiger partial charge in [0.05, 0.1) is 21.2 Å². The molecule has 0 saturated heterocycles. The van der Waals surface area contributed by atoms with Crippen LogP contribution in [-0.4, -0.2) is 31.7 Å². The third-order valence-electron chi connectivity index (χ3n) is 3.68. The van der Waals surface area contributed by atoms with E-state index >= 15 is 0 Å². The van der Waals surface area contributed by atoms with E-state index in [9.17, 15) is 13.2 Å². The van der Waals surface area contributed by atoms with Gasteiger partial charge in [0, 0.05) is 13.1 Å². The van der Waals surface area contributed by atoms with Crippen molar-refractivity contribution in [3.8, 4) is 0 Å². The molecule has 8 heteroatoms. The number of sulfonamides is 1. The number of para-hydroxylation sites is 1. The third-order valence-corrected chi connectivity index (χ3v) is 6.04. The first-order valence-corrected chi connectivity index (χ1v) is 9.44. The minimum absolute atomic E-state index is 0.0120. The van der Waals surface area contributed by atoms with E-state index in [0.717, 1.165) is 0 Å². The van der Waals surface area contributed by atoms with Gasteiger partial charge in [-0.1, -0.05) is 29.8 Å².